The van der Waals surface area contributed by atoms with E-state index in [1.165, 1.54) is 18.5 Å². The number of hydrogen-bond donors (Lipinski definition) is 3. The zero-order valence-corrected chi connectivity index (χ0v) is 20.3. The van der Waals surface area contributed by atoms with Crippen molar-refractivity contribution in [2.24, 2.45) is 4.99 Å². The lowest BCUT2D eigenvalue weighted by atomic mass is 10.2. The Balaban J connectivity index is 1.17. The van der Waals surface area contributed by atoms with Crippen molar-refractivity contribution in [3.63, 3.8) is 0 Å². The van der Waals surface area contributed by atoms with Crippen molar-refractivity contribution in [1.29, 1.82) is 0 Å². The van der Waals surface area contributed by atoms with E-state index in [1.807, 2.05) is 24.3 Å². The van der Waals surface area contributed by atoms with Gasteiger partial charge in [0.1, 0.15) is 36.4 Å². The molecule has 1 saturated carbocycles. The van der Waals surface area contributed by atoms with E-state index >= 15 is 0 Å². The molecule has 0 saturated heterocycles. The van der Waals surface area contributed by atoms with Gasteiger partial charge in [0.25, 0.3) is 6.02 Å². The van der Waals surface area contributed by atoms with Gasteiger partial charge in [0, 0.05) is 23.2 Å². The van der Waals surface area contributed by atoms with Gasteiger partial charge in [-0.25, -0.2) is 19.4 Å². The highest BCUT2D eigenvalue weighted by molar-refractivity contribution is 6.32. The van der Waals surface area contributed by atoms with E-state index in [0.717, 1.165) is 22.3 Å². The molecule has 4 aromatic rings. The zero-order valence-electron chi connectivity index (χ0n) is 19.6. The number of halogens is 2. The lowest BCUT2D eigenvalue weighted by Gasteiger charge is -2.13. The number of amidine groups is 1. The molecule has 1 aliphatic carbocycles. The lowest BCUT2D eigenvalue weighted by molar-refractivity contribution is 0.148. The van der Waals surface area contributed by atoms with Gasteiger partial charge in [0.2, 0.25) is 0 Å². The van der Waals surface area contributed by atoms with Crippen LogP contribution in [-0.4, -0.2) is 39.3 Å². The summed E-state index contributed by atoms with van der Waals surface area (Å²) in [5, 5.41) is 17.5. The Morgan fingerprint density at radius 2 is 1.89 bits per heavy atom. The second-order valence-electron chi connectivity index (χ2n) is 9.05. The van der Waals surface area contributed by atoms with Crippen molar-refractivity contribution >= 4 is 45.7 Å². The summed E-state index contributed by atoms with van der Waals surface area (Å²) in [6.07, 6.45) is 2.27. The van der Waals surface area contributed by atoms with Crippen molar-refractivity contribution in [2.45, 2.75) is 37.7 Å². The van der Waals surface area contributed by atoms with Crippen LogP contribution < -0.4 is 15.4 Å². The number of anilines is 3. The number of nitrogens with one attached hydrogen (secondary N) is 2. The molecule has 1 aliphatic heterocycles. The molecule has 0 radical (unpaired) electrons. The fourth-order valence-electron chi connectivity index (χ4n) is 4.58. The van der Waals surface area contributed by atoms with E-state index in [1.54, 1.807) is 24.3 Å². The number of hydrogen-bond acceptors (Lipinski definition) is 8. The Kier molecular flexibility index (Phi) is 6.23. The van der Waals surface area contributed by atoms with E-state index < -0.39 is 0 Å². The third-order valence-electron chi connectivity index (χ3n) is 6.36. The summed E-state index contributed by atoms with van der Waals surface area (Å²) in [7, 11) is 0. The van der Waals surface area contributed by atoms with E-state index in [9.17, 15) is 9.50 Å². The minimum Gasteiger partial charge on any atom is -0.487 e. The molecule has 1 fully saturated rings. The number of benzene rings is 3. The van der Waals surface area contributed by atoms with Crippen LogP contribution in [0.3, 0.4) is 0 Å². The van der Waals surface area contributed by atoms with E-state index in [-0.39, 0.29) is 30.7 Å². The molecule has 2 aliphatic rings. The monoisotopic (exact) mass is 519 g/mol. The number of nitrogens with zero attached hydrogens (tertiary/aromatic N) is 3. The average molecular weight is 520 g/mol. The number of ether oxygens (including phenoxy) is 2. The minimum absolute atomic E-state index is 0.0101. The summed E-state index contributed by atoms with van der Waals surface area (Å²) in [6.45, 7) is 0.202. The summed E-state index contributed by atoms with van der Waals surface area (Å²) in [4.78, 5) is 13.3. The maximum absolute atomic E-state index is 13.4. The first kappa shape index (κ1) is 23.4. The van der Waals surface area contributed by atoms with Crippen LogP contribution in [0.1, 0.15) is 18.4 Å². The molecule has 3 atom stereocenters. The first-order valence-electron chi connectivity index (χ1n) is 11.9. The molecule has 1 aromatic heterocycles. The van der Waals surface area contributed by atoms with Crippen LogP contribution in [0, 0.1) is 5.82 Å². The topological polar surface area (TPSA) is 101 Å². The molecule has 10 heteroatoms. The van der Waals surface area contributed by atoms with E-state index in [4.69, 9.17) is 21.1 Å². The Morgan fingerprint density at radius 3 is 2.73 bits per heavy atom. The first-order chi connectivity index (χ1) is 18.0. The second kappa shape index (κ2) is 9.84. The van der Waals surface area contributed by atoms with Crippen LogP contribution in [0.5, 0.6) is 5.75 Å². The highest BCUT2D eigenvalue weighted by Crippen LogP contribution is 2.33. The predicted octanol–water partition coefficient (Wildman–Crippen LogP) is 5.43. The van der Waals surface area contributed by atoms with Gasteiger partial charge in [0.05, 0.1) is 22.7 Å². The Bertz CT molecular complexity index is 1500. The Hall–Kier alpha value is -3.95. The average Bonchev–Trinajstić information content (AvgIpc) is 3.40. The van der Waals surface area contributed by atoms with Crippen LogP contribution >= 0.6 is 11.6 Å². The Morgan fingerprint density at radius 1 is 1.03 bits per heavy atom. The van der Waals surface area contributed by atoms with Gasteiger partial charge in [-0.05, 0) is 60.5 Å². The summed E-state index contributed by atoms with van der Waals surface area (Å²) in [5.41, 5.74) is 2.98. The van der Waals surface area contributed by atoms with Gasteiger partial charge < -0.3 is 25.2 Å². The molecule has 0 spiro atoms. The van der Waals surface area contributed by atoms with Crippen LogP contribution in [0.4, 0.5) is 21.6 Å². The predicted molar refractivity (Wildman–Crippen MR) is 140 cm³/mol. The number of aromatic nitrogens is 2. The van der Waals surface area contributed by atoms with Crippen LogP contribution in [0.15, 0.2) is 72.0 Å². The van der Waals surface area contributed by atoms with Crippen molar-refractivity contribution in [3.05, 3.63) is 83.4 Å². The lowest BCUT2D eigenvalue weighted by Crippen LogP contribution is -2.19. The molecule has 0 amide bonds. The van der Waals surface area contributed by atoms with Gasteiger partial charge in [-0.3, -0.25) is 0 Å². The molecular weight excluding hydrogens is 497 g/mol. The van der Waals surface area contributed by atoms with Gasteiger partial charge in [-0.2, -0.15) is 0 Å². The van der Waals surface area contributed by atoms with Crippen LogP contribution in [0.2, 0.25) is 5.02 Å². The summed E-state index contributed by atoms with van der Waals surface area (Å²) in [5.74, 6) is 0.783. The van der Waals surface area contributed by atoms with Crippen molar-refractivity contribution in [1.82, 2.24) is 9.97 Å². The molecule has 3 N–H and O–H groups in total. The van der Waals surface area contributed by atoms with Crippen molar-refractivity contribution < 1.29 is 19.0 Å². The fraction of sp³-hybridized carbons (Fsp3) is 0.222. The summed E-state index contributed by atoms with van der Waals surface area (Å²) >= 11 is 6.46. The smallest absolute Gasteiger partial charge is 0.289 e. The largest absolute Gasteiger partial charge is 0.487 e. The molecule has 188 valence electrons. The van der Waals surface area contributed by atoms with E-state index in [2.05, 4.69) is 25.6 Å². The fourth-order valence-corrected chi connectivity index (χ4v) is 4.81. The maximum atomic E-state index is 13.4. The number of aliphatic hydroxyl groups excluding tert-OH is 1. The standard InChI is InChI=1S/C27H23ClFN5O3/c28-21-10-18(5-7-24(21)36-13-15-2-1-3-16(29)8-15)32-26-20-9-17(4-6-22(20)30-14-31-26)33-27-34-23-11-19(35)12-25(23)37-27/h1-10,14,19,23,25,35H,11-13H2,(H,33,34)(H,30,31,32)/t19-,23-,25+/m1/s1. The molecule has 0 unspecified atom stereocenters. The quantitative estimate of drug-likeness (QED) is 0.312. The molecule has 8 nitrogen and oxygen atoms in total. The third kappa shape index (κ3) is 5.14. The molecule has 3 aromatic carbocycles. The van der Waals surface area contributed by atoms with Crippen LogP contribution in [0.25, 0.3) is 10.9 Å². The number of aliphatic imine (C=N–C) groups is 1. The first-order valence-corrected chi connectivity index (χ1v) is 12.3. The number of aliphatic hydroxyl groups is 1. The minimum atomic E-state index is -0.352. The maximum Gasteiger partial charge on any atom is 0.289 e. The summed E-state index contributed by atoms with van der Waals surface area (Å²) < 4.78 is 25.0. The number of rotatable bonds is 6. The zero-order chi connectivity index (χ0) is 25.4. The van der Waals surface area contributed by atoms with Crippen molar-refractivity contribution in [2.75, 3.05) is 10.6 Å². The molecule has 0 bridgehead atoms. The van der Waals surface area contributed by atoms with Gasteiger partial charge in [-0.15, -0.1) is 0 Å². The number of fused-ring (bicyclic) bond motifs is 2. The highest BCUT2D eigenvalue weighted by Gasteiger charge is 2.40. The molecule has 6 rings (SSSR count). The van der Waals surface area contributed by atoms with Gasteiger partial charge in [0.15, 0.2) is 0 Å². The molecule has 2 heterocycles. The van der Waals surface area contributed by atoms with Gasteiger partial charge >= 0.3 is 0 Å². The highest BCUT2D eigenvalue weighted by atomic mass is 35.5. The second-order valence-corrected chi connectivity index (χ2v) is 9.46. The summed E-state index contributed by atoms with van der Waals surface area (Å²) in [6, 6.07) is 17.7. The third-order valence-corrected chi connectivity index (χ3v) is 6.65. The van der Waals surface area contributed by atoms with E-state index in [0.29, 0.717) is 41.0 Å². The normalized spacial score (nSPS) is 20.3. The van der Waals surface area contributed by atoms with Crippen molar-refractivity contribution in [3.8, 4) is 5.75 Å². The SMILES string of the molecule is O[C@H]1C[C@@H]2OC(Nc3ccc4ncnc(Nc5ccc(OCc6cccc(F)c6)c(Cl)c5)c4c3)=N[C@@H]2C1. The van der Waals surface area contributed by atoms with Crippen LogP contribution in [-0.2, 0) is 11.3 Å². The molecule has 37 heavy (non-hydrogen) atoms. The molecular formula is C27H23ClFN5O3. The Labute approximate surface area is 217 Å². The van der Waals surface area contributed by atoms with Gasteiger partial charge in [-0.1, -0.05) is 23.7 Å².